The van der Waals surface area contributed by atoms with Crippen molar-refractivity contribution in [2.75, 3.05) is 6.54 Å². The summed E-state index contributed by atoms with van der Waals surface area (Å²) >= 11 is 0. The molecule has 2 rings (SSSR count). The van der Waals surface area contributed by atoms with Gasteiger partial charge in [-0.15, -0.1) is 0 Å². The third-order valence-corrected chi connectivity index (χ3v) is 5.13. The molecule has 0 aromatic heterocycles. The monoisotopic (exact) mass is 267 g/mol. The summed E-state index contributed by atoms with van der Waals surface area (Å²) in [5, 5.41) is 9.79. The largest absolute Gasteiger partial charge is 0.393 e. The van der Waals surface area contributed by atoms with Gasteiger partial charge in [-0.05, 0) is 38.6 Å². The van der Waals surface area contributed by atoms with Crippen LogP contribution in [0.1, 0.15) is 84.0 Å². The number of hydrogen-bond acceptors (Lipinski definition) is 2. The normalized spacial score (nSPS) is 30.9. The van der Waals surface area contributed by atoms with E-state index in [-0.39, 0.29) is 6.10 Å². The Morgan fingerprint density at radius 2 is 1.37 bits per heavy atom. The molecule has 2 heteroatoms. The van der Waals surface area contributed by atoms with Gasteiger partial charge in [-0.1, -0.05) is 51.9 Å². The Labute approximate surface area is 119 Å². The molecular formula is C17H33NO. The quantitative estimate of drug-likeness (QED) is 0.635. The Hall–Kier alpha value is -0.0800. The third-order valence-electron chi connectivity index (χ3n) is 5.13. The smallest absolute Gasteiger partial charge is 0.0570 e. The van der Waals surface area contributed by atoms with E-state index >= 15 is 0 Å². The average Bonchev–Trinajstić information content (AvgIpc) is 2.64. The fraction of sp³-hybridized carbons (Fsp3) is 1.00. The maximum atomic E-state index is 9.79. The average molecular weight is 267 g/mol. The van der Waals surface area contributed by atoms with Gasteiger partial charge in [0.15, 0.2) is 0 Å². The van der Waals surface area contributed by atoms with Gasteiger partial charge in [0.05, 0.1) is 6.10 Å². The Balaban J connectivity index is 1.50. The summed E-state index contributed by atoms with van der Waals surface area (Å²) in [4.78, 5) is 2.71. The highest BCUT2D eigenvalue weighted by atomic mass is 16.3. The second-order valence-corrected chi connectivity index (χ2v) is 6.72. The first-order valence-electron chi connectivity index (χ1n) is 8.75. The van der Waals surface area contributed by atoms with Crippen molar-refractivity contribution in [2.45, 2.75) is 102 Å². The second kappa shape index (κ2) is 8.26. The van der Waals surface area contributed by atoms with Crippen molar-refractivity contribution in [2.24, 2.45) is 0 Å². The molecule has 2 fully saturated rings. The maximum Gasteiger partial charge on any atom is 0.0570 e. The van der Waals surface area contributed by atoms with Gasteiger partial charge < -0.3 is 5.11 Å². The van der Waals surface area contributed by atoms with Gasteiger partial charge >= 0.3 is 0 Å². The standard InChI is InChI=1S/C17H33NO/c1-2-3-4-5-6-7-8-9-12-18-15-10-11-16(18)14-17(19)13-15/h15-17,19H,2-14H2,1H3. The number of nitrogens with zero attached hydrogens (tertiary/aromatic N) is 1. The number of hydrogen-bond donors (Lipinski definition) is 1. The van der Waals surface area contributed by atoms with E-state index in [1.807, 2.05) is 0 Å². The summed E-state index contributed by atoms with van der Waals surface area (Å²) < 4.78 is 0. The van der Waals surface area contributed by atoms with Crippen molar-refractivity contribution in [1.29, 1.82) is 0 Å². The highest BCUT2D eigenvalue weighted by molar-refractivity contribution is 4.94. The molecule has 0 radical (unpaired) electrons. The molecule has 0 aliphatic carbocycles. The lowest BCUT2D eigenvalue weighted by atomic mass is 9.99. The minimum atomic E-state index is -0.00712. The van der Waals surface area contributed by atoms with Crippen LogP contribution in [0.3, 0.4) is 0 Å². The molecule has 2 aliphatic rings. The molecule has 2 unspecified atom stereocenters. The molecule has 2 heterocycles. The van der Waals surface area contributed by atoms with E-state index < -0.39 is 0 Å². The summed E-state index contributed by atoms with van der Waals surface area (Å²) in [7, 11) is 0. The molecule has 0 spiro atoms. The molecular weight excluding hydrogens is 234 g/mol. The van der Waals surface area contributed by atoms with Crippen molar-refractivity contribution >= 4 is 0 Å². The van der Waals surface area contributed by atoms with Crippen LogP contribution in [0.5, 0.6) is 0 Å². The highest BCUT2D eigenvalue weighted by Gasteiger charge is 2.39. The van der Waals surface area contributed by atoms with Crippen molar-refractivity contribution < 1.29 is 5.11 Å². The van der Waals surface area contributed by atoms with Gasteiger partial charge in [0.1, 0.15) is 0 Å². The van der Waals surface area contributed by atoms with Crippen LogP contribution >= 0.6 is 0 Å². The number of unbranched alkanes of at least 4 members (excludes halogenated alkanes) is 7. The Kier molecular flexibility index (Phi) is 6.66. The number of piperidine rings is 1. The number of aliphatic hydroxyl groups is 1. The van der Waals surface area contributed by atoms with Gasteiger partial charge in [0, 0.05) is 12.1 Å². The van der Waals surface area contributed by atoms with Gasteiger partial charge in [-0.3, -0.25) is 4.90 Å². The first kappa shape index (κ1) is 15.3. The molecule has 112 valence electrons. The lowest BCUT2D eigenvalue weighted by molar-refractivity contribution is 0.0346. The van der Waals surface area contributed by atoms with E-state index in [4.69, 9.17) is 0 Å². The Bertz CT molecular complexity index is 229. The molecule has 2 bridgehead atoms. The van der Waals surface area contributed by atoms with Crippen molar-refractivity contribution in [1.82, 2.24) is 4.90 Å². The molecule has 0 saturated carbocycles. The van der Waals surface area contributed by atoms with Crippen molar-refractivity contribution in [3.8, 4) is 0 Å². The number of fused-ring (bicyclic) bond motifs is 2. The molecule has 2 atom stereocenters. The van der Waals surface area contributed by atoms with Gasteiger partial charge in [0.2, 0.25) is 0 Å². The van der Waals surface area contributed by atoms with Crippen molar-refractivity contribution in [3.63, 3.8) is 0 Å². The zero-order valence-corrected chi connectivity index (χ0v) is 12.8. The summed E-state index contributed by atoms with van der Waals surface area (Å²) in [5.74, 6) is 0. The minimum Gasteiger partial charge on any atom is -0.393 e. The molecule has 2 nitrogen and oxygen atoms in total. The zero-order chi connectivity index (χ0) is 13.5. The van der Waals surface area contributed by atoms with Crippen LogP contribution in [0.25, 0.3) is 0 Å². The fourth-order valence-electron chi connectivity index (χ4n) is 4.04. The second-order valence-electron chi connectivity index (χ2n) is 6.72. The predicted molar refractivity (Wildman–Crippen MR) is 81.4 cm³/mol. The lowest BCUT2D eigenvalue weighted by Gasteiger charge is -2.37. The van der Waals surface area contributed by atoms with Gasteiger partial charge in [0.25, 0.3) is 0 Å². The van der Waals surface area contributed by atoms with Gasteiger partial charge in [-0.2, -0.15) is 0 Å². The van der Waals surface area contributed by atoms with Crippen LogP contribution in [0.4, 0.5) is 0 Å². The van der Waals surface area contributed by atoms with E-state index in [0.29, 0.717) is 12.1 Å². The number of rotatable bonds is 9. The maximum absolute atomic E-state index is 9.79. The zero-order valence-electron chi connectivity index (χ0n) is 12.8. The summed E-state index contributed by atoms with van der Waals surface area (Å²) in [5.41, 5.74) is 0. The number of aliphatic hydroxyl groups excluding tert-OH is 1. The minimum absolute atomic E-state index is 0.00712. The Morgan fingerprint density at radius 1 is 0.842 bits per heavy atom. The summed E-state index contributed by atoms with van der Waals surface area (Å²) in [6.45, 7) is 3.57. The van der Waals surface area contributed by atoms with Crippen LogP contribution < -0.4 is 0 Å². The van der Waals surface area contributed by atoms with E-state index in [1.165, 1.54) is 70.8 Å². The molecule has 1 N–H and O–H groups in total. The Morgan fingerprint density at radius 3 is 1.95 bits per heavy atom. The molecule has 0 aromatic rings. The topological polar surface area (TPSA) is 23.5 Å². The van der Waals surface area contributed by atoms with Gasteiger partial charge in [-0.25, -0.2) is 0 Å². The van der Waals surface area contributed by atoms with Crippen molar-refractivity contribution in [3.05, 3.63) is 0 Å². The van der Waals surface area contributed by atoms with E-state index in [0.717, 1.165) is 12.8 Å². The first-order valence-corrected chi connectivity index (χ1v) is 8.75. The van der Waals surface area contributed by atoms with E-state index in [2.05, 4.69) is 11.8 Å². The molecule has 2 saturated heterocycles. The van der Waals surface area contributed by atoms with Crippen LogP contribution in [0, 0.1) is 0 Å². The molecule has 2 aliphatic heterocycles. The predicted octanol–water partition coefficient (Wildman–Crippen LogP) is 4.11. The van der Waals surface area contributed by atoms with Crippen LogP contribution in [0.2, 0.25) is 0 Å². The SMILES string of the molecule is CCCCCCCCCCN1C2CCC1CC(O)C2. The fourth-order valence-corrected chi connectivity index (χ4v) is 4.04. The van der Waals surface area contributed by atoms with Crippen LogP contribution in [-0.2, 0) is 0 Å². The first-order chi connectivity index (χ1) is 9.31. The van der Waals surface area contributed by atoms with Crippen LogP contribution in [0.15, 0.2) is 0 Å². The van der Waals surface area contributed by atoms with E-state index in [1.54, 1.807) is 0 Å². The van der Waals surface area contributed by atoms with E-state index in [9.17, 15) is 5.11 Å². The molecule has 0 aromatic carbocycles. The van der Waals surface area contributed by atoms with Crippen LogP contribution in [-0.4, -0.2) is 34.7 Å². The highest BCUT2D eigenvalue weighted by Crippen LogP contribution is 2.35. The summed E-state index contributed by atoms with van der Waals surface area (Å²) in [6.07, 6.45) is 16.0. The summed E-state index contributed by atoms with van der Waals surface area (Å²) in [6, 6.07) is 1.41. The third kappa shape index (κ3) is 4.75. The molecule has 0 amide bonds. The molecule has 19 heavy (non-hydrogen) atoms. The lowest BCUT2D eigenvalue weighted by Crippen LogP contribution is -2.44.